The molecular weight excluding hydrogens is 304 g/mol. The highest BCUT2D eigenvalue weighted by molar-refractivity contribution is 7.89. The number of piperidine rings is 1. The third-order valence-corrected chi connectivity index (χ3v) is 6.50. The lowest BCUT2D eigenvalue weighted by Gasteiger charge is -2.38. The topological polar surface area (TPSA) is 83.5 Å². The highest BCUT2D eigenvalue weighted by Crippen LogP contribution is 2.42. The van der Waals surface area contributed by atoms with Crippen LogP contribution in [-0.4, -0.2) is 54.0 Å². The molecule has 2 saturated heterocycles. The normalized spacial score (nSPS) is 26.8. The second kappa shape index (κ2) is 5.58. The molecule has 2 fully saturated rings. The zero-order chi connectivity index (χ0) is 15.8. The van der Waals surface area contributed by atoms with Gasteiger partial charge >= 0.3 is 0 Å². The van der Waals surface area contributed by atoms with Gasteiger partial charge in [0.25, 0.3) is 0 Å². The summed E-state index contributed by atoms with van der Waals surface area (Å²) in [7, 11) is -3.25. The van der Waals surface area contributed by atoms with Gasteiger partial charge < -0.3 is 4.90 Å². The lowest BCUT2D eigenvalue weighted by Crippen LogP contribution is -2.50. The van der Waals surface area contributed by atoms with Crippen LogP contribution in [0.3, 0.4) is 0 Å². The second-order valence-electron chi connectivity index (χ2n) is 5.92. The first-order valence-electron chi connectivity index (χ1n) is 7.53. The number of amides is 1. The first-order valence-corrected chi connectivity index (χ1v) is 9.14. The van der Waals surface area contributed by atoms with Gasteiger partial charge in [-0.25, -0.2) is 22.7 Å². The third kappa shape index (κ3) is 2.50. The Morgan fingerprint density at radius 2 is 1.95 bits per heavy atom. The molecule has 1 unspecified atom stereocenters. The minimum Gasteiger partial charge on any atom is -0.309 e. The summed E-state index contributed by atoms with van der Waals surface area (Å²) in [5, 5.41) is 0. The zero-order valence-electron chi connectivity index (χ0n) is 12.6. The van der Waals surface area contributed by atoms with Crippen LogP contribution in [0.25, 0.3) is 0 Å². The van der Waals surface area contributed by atoms with Crippen molar-refractivity contribution in [3.05, 3.63) is 18.7 Å². The van der Waals surface area contributed by atoms with Gasteiger partial charge in [-0.2, -0.15) is 0 Å². The zero-order valence-corrected chi connectivity index (χ0v) is 13.4. The molecule has 7 nitrogen and oxygen atoms in total. The third-order valence-electron chi connectivity index (χ3n) is 4.67. The number of hydrogen-bond acceptors (Lipinski definition) is 5. The van der Waals surface area contributed by atoms with Crippen LogP contribution in [0.2, 0.25) is 0 Å². The summed E-state index contributed by atoms with van der Waals surface area (Å²) < 4.78 is 25.8. The molecule has 1 aromatic rings. The summed E-state index contributed by atoms with van der Waals surface area (Å²) in [6.45, 7) is 3.04. The van der Waals surface area contributed by atoms with Gasteiger partial charge in [0.2, 0.25) is 15.9 Å². The van der Waals surface area contributed by atoms with Crippen LogP contribution in [0.5, 0.6) is 0 Å². The number of sulfonamides is 1. The average molecular weight is 324 g/mol. The number of carbonyl (C=O) groups is 1. The Labute approximate surface area is 130 Å². The molecule has 0 radical (unpaired) electrons. The fraction of sp³-hybridized carbons (Fsp3) is 0.643. The molecule has 0 aliphatic carbocycles. The molecule has 3 rings (SSSR count). The standard InChI is InChI=1S/C14H20N4O3S/c1-2-22(20,21)17-6-3-4-14(10-17)5-7-18(13(14)19)12-8-15-11-16-9-12/h8-9,11H,2-7,10H2,1H3. The van der Waals surface area contributed by atoms with Crippen molar-refractivity contribution >= 4 is 21.6 Å². The smallest absolute Gasteiger partial charge is 0.234 e. The molecule has 2 aliphatic rings. The van der Waals surface area contributed by atoms with E-state index in [0.29, 0.717) is 31.7 Å². The minimum absolute atomic E-state index is 0.00157. The van der Waals surface area contributed by atoms with Crippen LogP contribution < -0.4 is 4.90 Å². The number of aromatic nitrogens is 2. The summed E-state index contributed by atoms with van der Waals surface area (Å²) in [4.78, 5) is 22.5. The number of rotatable bonds is 3. The molecule has 1 amide bonds. The van der Waals surface area contributed by atoms with E-state index in [0.717, 1.165) is 12.8 Å². The number of carbonyl (C=O) groups excluding carboxylic acids is 1. The Hall–Kier alpha value is -1.54. The van der Waals surface area contributed by atoms with Crippen molar-refractivity contribution in [2.24, 2.45) is 5.41 Å². The van der Waals surface area contributed by atoms with Gasteiger partial charge in [-0.3, -0.25) is 4.79 Å². The number of hydrogen-bond donors (Lipinski definition) is 0. The van der Waals surface area contributed by atoms with E-state index < -0.39 is 15.4 Å². The van der Waals surface area contributed by atoms with Crippen molar-refractivity contribution in [2.45, 2.75) is 26.2 Å². The average Bonchev–Trinajstić information content (AvgIpc) is 2.85. The van der Waals surface area contributed by atoms with Gasteiger partial charge in [0.15, 0.2) is 0 Å². The lowest BCUT2D eigenvalue weighted by atomic mass is 9.79. The fourth-order valence-corrected chi connectivity index (χ4v) is 4.60. The Morgan fingerprint density at radius 1 is 1.23 bits per heavy atom. The predicted octanol–water partition coefficient (Wildman–Crippen LogP) is 0.645. The summed E-state index contributed by atoms with van der Waals surface area (Å²) >= 11 is 0. The van der Waals surface area contributed by atoms with E-state index in [2.05, 4.69) is 9.97 Å². The molecule has 22 heavy (non-hydrogen) atoms. The van der Waals surface area contributed by atoms with Crippen molar-refractivity contribution in [2.75, 3.05) is 30.3 Å². The SMILES string of the molecule is CCS(=O)(=O)N1CCCC2(CCN(c3cncnc3)C2=O)C1. The van der Waals surface area contributed by atoms with Gasteiger partial charge in [0.1, 0.15) is 6.33 Å². The predicted molar refractivity (Wildman–Crippen MR) is 81.7 cm³/mol. The molecule has 1 aromatic heterocycles. The molecule has 0 saturated carbocycles. The van der Waals surface area contributed by atoms with Crippen LogP contribution >= 0.6 is 0 Å². The summed E-state index contributed by atoms with van der Waals surface area (Å²) in [5.74, 6) is 0.0753. The molecule has 120 valence electrons. The van der Waals surface area contributed by atoms with Crippen molar-refractivity contribution in [3.63, 3.8) is 0 Å². The van der Waals surface area contributed by atoms with Gasteiger partial charge in [0.05, 0.1) is 29.2 Å². The Bertz CT molecular complexity index is 664. The quantitative estimate of drug-likeness (QED) is 0.815. The first kappa shape index (κ1) is 15.4. The molecule has 1 atom stereocenters. The van der Waals surface area contributed by atoms with Crippen LogP contribution in [0.15, 0.2) is 18.7 Å². The fourth-order valence-electron chi connectivity index (χ4n) is 3.39. The van der Waals surface area contributed by atoms with Gasteiger partial charge in [0, 0.05) is 19.6 Å². The first-order chi connectivity index (χ1) is 10.5. The molecule has 0 bridgehead atoms. The Kier molecular flexibility index (Phi) is 3.90. The van der Waals surface area contributed by atoms with Crippen LogP contribution in [0.1, 0.15) is 26.2 Å². The summed E-state index contributed by atoms with van der Waals surface area (Å²) in [6, 6.07) is 0. The van der Waals surface area contributed by atoms with Crippen LogP contribution in [-0.2, 0) is 14.8 Å². The lowest BCUT2D eigenvalue weighted by molar-refractivity contribution is -0.127. The largest absolute Gasteiger partial charge is 0.309 e. The van der Waals surface area contributed by atoms with Crippen LogP contribution in [0, 0.1) is 5.41 Å². The summed E-state index contributed by atoms with van der Waals surface area (Å²) in [6.07, 6.45) is 6.81. The molecule has 1 spiro atoms. The van der Waals surface area contributed by atoms with Gasteiger partial charge in [-0.05, 0) is 26.2 Å². The van der Waals surface area contributed by atoms with Crippen molar-refractivity contribution in [3.8, 4) is 0 Å². The number of nitrogens with zero attached hydrogens (tertiary/aromatic N) is 4. The Balaban J connectivity index is 1.84. The van der Waals surface area contributed by atoms with E-state index in [1.807, 2.05) is 0 Å². The molecule has 0 N–H and O–H groups in total. The van der Waals surface area contributed by atoms with E-state index in [1.54, 1.807) is 24.2 Å². The number of anilines is 1. The van der Waals surface area contributed by atoms with E-state index in [4.69, 9.17) is 0 Å². The molecule has 0 aromatic carbocycles. The van der Waals surface area contributed by atoms with E-state index in [9.17, 15) is 13.2 Å². The van der Waals surface area contributed by atoms with E-state index >= 15 is 0 Å². The maximum absolute atomic E-state index is 12.9. The highest BCUT2D eigenvalue weighted by atomic mass is 32.2. The van der Waals surface area contributed by atoms with Gasteiger partial charge in [-0.15, -0.1) is 0 Å². The van der Waals surface area contributed by atoms with Crippen LogP contribution in [0.4, 0.5) is 5.69 Å². The highest BCUT2D eigenvalue weighted by Gasteiger charge is 2.50. The van der Waals surface area contributed by atoms with Crippen molar-refractivity contribution in [1.29, 1.82) is 0 Å². The van der Waals surface area contributed by atoms with Crippen molar-refractivity contribution in [1.82, 2.24) is 14.3 Å². The Morgan fingerprint density at radius 3 is 2.64 bits per heavy atom. The van der Waals surface area contributed by atoms with Crippen molar-refractivity contribution < 1.29 is 13.2 Å². The molecule has 3 heterocycles. The second-order valence-corrected chi connectivity index (χ2v) is 8.18. The van der Waals surface area contributed by atoms with Gasteiger partial charge in [-0.1, -0.05) is 0 Å². The minimum atomic E-state index is -3.25. The maximum Gasteiger partial charge on any atom is 0.234 e. The summed E-state index contributed by atoms with van der Waals surface area (Å²) in [5.41, 5.74) is 0.0934. The monoisotopic (exact) mass is 324 g/mol. The molecule has 2 aliphatic heterocycles. The molecular formula is C14H20N4O3S. The van der Waals surface area contributed by atoms with E-state index in [1.165, 1.54) is 10.6 Å². The maximum atomic E-state index is 12.9. The van der Waals surface area contributed by atoms with E-state index in [-0.39, 0.29) is 11.7 Å². The molecule has 8 heteroatoms.